The summed E-state index contributed by atoms with van der Waals surface area (Å²) in [6, 6.07) is 76.6. The van der Waals surface area contributed by atoms with Crippen molar-refractivity contribution in [1.82, 2.24) is 0 Å². The van der Waals surface area contributed by atoms with E-state index in [-0.39, 0.29) is 0 Å². The van der Waals surface area contributed by atoms with Crippen LogP contribution in [0.2, 0.25) is 0 Å². The first-order valence-corrected chi connectivity index (χ1v) is 19.2. The van der Waals surface area contributed by atoms with E-state index in [9.17, 15) is 0 Å². The van der Waals surface area contributed by atoms with E-state index in [0.29, 0.717) is 0 Å². The average molecular weight is 714 g/mol. The Bertz CT molecular complexity index is 3230. The zero-order valence-corrected chi connectivity index (χ0v) is 30.6. The second-order valence-corrected chi connectivity index (χ2v) is 14.5. The van der Waals surface area contributed by atoms with Crippen LogP contribution in [0.4, 0.5) is 17.1 Å². The van der Waals surface area contributed by atoms with Crippen LogP contribution in [0.25, 0.3) is 87.6 Å². The third-order valence-corrected chi connectivity index (χ3v) is 11.3. The van der Waals surface area contributed by atoms with E-state index >= 15 is 0 Å². The maximum absolute atomic E-state index is 6.23. The van der Waals surface area contributed by atoms with Gasteiger partial charge in [0.2, 0.25) is 0 Å². The normalized spacial score (nSPS) is 11.6. The Balaban J connectivity index is 0.988. The molecule has 262 valence electrons. The number of furan rings is 1. The number of hydrogen-bond acceptors (Lipinski definition) is 2. The summed E-state index contributed by atoms with van der Waals surface area (Å²) in [7, 11) is 0. The number of para-hydroxylation sites is 1. The summed E-state index contributed by atoms with van der Waals surface area (Å²) in [6.45, 7) is 0. The van der Waals surface area contributed by atoms with Crippen molar-refractivity contribution in [3.05, 3.63) is 212 Å². The highest BCUT2D eigenvalue weighted by Gasteiger charge is 2.16. The van der Waals surface area contributed by atoms with Crippen molar-refractivity contribution >= 4 is 71.3 Å². The third-order valence-electron chi connectivity index (χ3n) is 11.3. The highest BCUT2D eigenvalue weighted by atomic mass is 16.3. The highest BCUT2D eigenvalue weighted by Crippen LogP contribution is 2.40. The SMILES string of the molecule is c1ccc2cc(-c3ccc(N(c4ccc(-c5ccc6c(c5)oc5ccccc56)cc4)c4ccc(-c5cc6ccccc6c6ccccc56)cc4)cc3)ccc2c1. The fraction of sp³-hybridized carbons (Fsp3) is 0. The lowest BCUT2D eigenvalue weighted by atomic mass is 9.93. The fourth-order valence-electron chi connectivity index (χ4n) is 8.41. The van der Waals surface area contributed by atoms with E-state index in [1.165, 1.54) is 54.6 Å². The number of fused-ring (bicyclic) bond motifs is 7. The van der Waals surface area contributed by atoms with E-state index in [1.807, 2.05) is 12.1 Å². The van der Waals surface area contributed by atoms with Gasteiger partial charge in [0.1, 0.15) is 11.2 Å². The standard InChI is InChI=1S/C54H35NO/c1-2-10-40-33-41(18-17-36(40)9-1)37-19-26-44(27-20-37)55(45-28-21-38(22-29-45)42-25-32-51-50-15-7-8-16-53(50)56-54(51)35-42)46-30-23-39(24-31-46)52-34-43-11-3-4-12-47(43)48-13-5-6-14-49(48)52/h1-35H. The maximum Gasteiger partial charge on any atom is 0.136 e. The smallest absolute Gasteiger partial charge is 0.136 e. The van der Waals surface area contributed by atoms with Gasteiger partial charge in [-0.3, -0.25) is 0 Å². The Labute approximate surface area is 325 Å². The van der Waals surface area contributed by atoms with E-state index in [2.05, 4.69) is 205 Å². The molecule has 1 aromatic heterocycles. The molecule has 0 atom stereocenters. The van der Waals surface area contributed by atoms with Crippen LogP contribution < -0.4 is 4.90 Å². The Hall–Kier alpha value is -7.42. The van der Waals surface area contributed by atoms with Crippen LogP contribution in [0.3, 0.4) is 0 Å². The van der Waals surface area contributed by atoms with Crippen LogP contribution in [0.1, 0.15) is 0 Å². The average Bonchev–Trinajstić information content (AvgIpc) is 3.65. The molecule has 0 radical (unpaired) electrons. The number of benzene rings is 10. The highest BCUT2D eigenvalue weighted by molar-refractivity contribution is 6.14. The van der Waals surface area contributed by atoms with Crippen molar-refractivity contribution < 1.29 is 4.42 Å². The molecule has 0 saturated carbocycles. The number of hydrogen-bond donors (Lipinski definition) is 0. The lowest BCUT2D eigenvalue weighted by molar-refractivity contribution is 0.669. The van der Waals surface area contributed by atoms with Gasteiger partial charge in [-0.15, -0.1) is 0 Å². The summed E-state index contributed by atoms with van der Waals surface area (Å²) in [4.78, 5) is 2.35. The summed E-state index contributed by atoms with van der Waals surface area (Å²) in [5.41, 5.74) is 12.2. The number of rotatable bonds is 6. The molecule has 1 heterocycles. The predicted molar refractivity (Wildman–Crippen MR) is 237 cm³/mol. The summed E-state index contributed by atoms with van der Waals surface area (Å²) in [6.07, 6.45) is 0. The monoisotopic (exact) mass is 713 g/mol. The van der Waals surface area contributed by atoms with Gasteiger partial charge in [0.05, 0.1) is 0 Å². The molecule has 0 spiro atoms. The van der Waals surface area contributed by atoms with Gasteiger partial charge in [0.15, 0.2) is 0 Å². The largest absolute Gasteiger partial charge is 0.456 e. The number of nitrogens with zero attached hydrogens (tertiary/aromatic N) is 1. The van der Waals surface area contributed by atoms with E-state index < -0.39 is 0 Å². The predicted octanol–water partition coefficient (Wildman–Crippen LogP) is 15.5. The number of anilines is 3. The molecule has 2 heteroatoms. The third kappa shape index (κ3) is 5.51. The lowest BCUT2D eigenvalue weighted by Crippen LogP contribution is -2.09. The molecular weight excluding hydrogens is 679 g/mol. The van der Waals surface area contributed by atoms with Gasteiger partial charge in [0.25, 0.3) is 0 Å². The molecule has 0 amide bonds. The molecule has 0 fully saturated rings. The Kier molecular flexibility index (Phi) is 7.53. The quantitative estimate of drug-likeness (QED) is 0.160. The van der Waals surface area contributed by atoms with Gasteiger partial charge in [0, 0.05) is 27.8 Å². The zero-order valence-electron chi connectivity index (χ0n) is 30.6. The summed E-state index contributed by atoms with van der Waals surface area (Å²) in [5, 5.41) is 9.84. The van der Waals surface area contributed by atoms with Crippen molar-refractivity contribution in [3.8, 4) is 33.4 Å². The molecule has 11 rings (SSSR count). The zero-order chi connectivity index (χ0) is 37.0. The van der Waals surface area contributed by atoms with Crippen molar-refractivity contribution in [3.63, 3.8) is 0 Å². The molecule has 0 unspecified atom stereocenters. The minimum atomic E-state index is 0.903. The minimum absolute atomic E-state index is 0.903. The minimum Gasteiger partial charge on any atom is -0.456 e. The van der Waals surface area contributed by atoms with Gasteiger partial charge in [-0.1, -0.05) is 146 Å². The van der Waals surface area contributed by atoms with Gasteiger partial charge >= 0.3 is 0 Å². The van der Waals surface area contributed by atoms with E-state index in [4.69, 9.17) is 4.42 Å². The van der Waals surface area contributed by atoms with Crippen molar-refractivity contribution in [1.29, 1.82) is 0 Å². The fourth-order valence-corrected chi connectivity index (χ4v) is 8.41. The Morgan fingerprint density at radius 2 is 0.750 bits per heavy atom. The first-order valence-electron chi connectivity index (χ1n) is 19.2. The van der Waals surface area contributed by atoms with E-state index in [0.717, 1.165) is 50.1 Å². The summed E-state index contributed by atoms with van der Waals surface area (Å²) < 4.78 is 6.23. The molecule has 2 nitrogen and oxygen atoms in total. The summed E-state index contributed by atoms with van der Waals surface area (Å²) >= 11 is 0. The van der Waals surface area contributed by atoms with Crippen LogP contribution in [-0.4, -0.2) is 0 Å². The Morgan fingerprint density at radius 1 is 0.268 bits per heavy atom. The van der Waals surface area contributed by atoms with Crippen LogP contribution in [0.15, 0.2) is 217 Å². The van der Waals surface area contributed by atoms with Crippen LogP contribution in [-0.2, 0) is 0 Å². The molecule has 0 bridgehead atoms. The molecule has 0 aliphatic rings. The van der Waals surface area contributed by atoms with Crippen LogP contribution in [0, 0.1) is 0 Å². The lowest BCUT2D eigenvalue weighted by Gasteiger charge is -2.26. The van der Waals surface area contributed by atoms with E-state index in [1.54, 1.807) is 0 Å². The molecule has 0 aliphatic heterocycles. The van der Waals surface area contributed by atoms with Gasteiger partial charge in [-0.25, -0.2) is 0 Å². The van der Waals surface area contributed by atoms with Gasteiger partial charge in [-0.05, 0) is 132 Å². The molecule has 56 heavy (non-hydrogen) atoms. The summed E-state index contributed by atoms with van der Waals surface area (Å²) in [5.74, 6) is 0. The Morgan fingerprint density at radius 3 is 1.45 bits per heavy atom. The van der Waals surface area contributed by atoms with Gasteiger partial charge in [-0.2, -0.15) is 0 Å². The first-order chi connectivity index (χ1) is 27.7. The molecule has 0 saturated heterocycles. The van der Waals surface area contributed by atoms with Crippen molar-refractivity contribution in [2.75, 3.05) is 4.90 Å². The topological polar surface area (TPSA) is 16.4 Å². The van der Waals surface area contributed by atoms with Crippen LogP contribution in [0.5, 0.6) is 0 Å². The van der Waals surface area contributed by atoms with Crippen molar-refractivity contribution in [2.24, 2.45) is 0 Å². The maximum atomic E-state index is 6.23. The molecule has 10 aromatic carbocycles. The molecule has 0 aliphatic carbocycles. The second kappa shape index (κ2) is 13.2. The van der Waals surface area contributed by atoms with Crippen molar-refractivity contribution in [2.45, 2.75) is 0 Å². The molecule has 0 N–H and O–H groups in total. The molecular formula is C54H35NO. The van der Waals surface area contributed by atoms with Gasteiger partial charge < -0.3 is 9.32 Å². The molecule has 11 aromatic rings. The van der Waals surface area contributed by atoms with Crippen LogP contribution >= 0.6 is 0 Å². The first kappa shape index (κ1) is 32.0. The second-order valence-electron chi connectivity index (χ2n) is 14.5.